The van der Waals surface area contributed by atoms with E-state index in [1.165, 1.54) is 14.2 Å². The van der Waals surface area contributed by atoms with Crippen molar-refractivity contribution in [2.75, 3.05) is 33.1 Å². The van der Waals surface area contributed by atoms with Gasteiger partial charge in [-0.25, -0.2) is 8.42 Å². The number of hydrogen-bond donors (Lipinski definition) is 0. The summed E-state index contributed by atoms with van der Waals surface area (Å²) in [5, 5.41) is -0.309. The third-order valence-corrected chi connectivity index (χ3v) is 7.37. The number of rotatable bonds is 4. The van der Waals surface area contributed by atoms with Crippen LogP contribution in [-0.2, 0) is 9.84 Å². The van der Waals surface area contributed by atoms with E-state index in [1.807, 2.05) is 0 Å². The number of methoxy groups -OCH3 is 2. The lowest BCUT2D eigenvalue weighted by molar-refractivity contribution is 0.0762. The van der Waals surface area contributed by atoms with Crippen LogP contribution in [0.2, 0.25) is 5.02 Å². The van der Waals surface area contributed by atoms with Crippen LogP contribution in [0.4, 0.5) is 0 Å². The van der Waals surface area contributed by atoms with E-state index in [0.717, 1.165) is 0 Å². The molecular weight excluding hydrogens is 402 g/mol. The predicted molar refractivity (Wildman–Crippen MR) is 108 cm³/mol. The first-order valence-electron chi connectivity index (χ1n) is 8.85. The SMILES string of the molecule is COc1cccc(C(=O)N2CCC(c3ccccc3Cl)S(=O)(=O)CC2)c1OC. The molecule has 1 saturated heterocycles. The fourth-order valence-electron chi connectivity index (χ4n) is 3.46. The molecular formula is C20H22ClNO5S. The maximum Gasteiger partial charge on any atom is 0.257 e. The normalized spacial score (nSPS) is 19.0. The number of hydrogen-bond acceptors (Lipinski definition) is 5. The van der Waals surface area contributed by atoms with Crippen molar-refractivity contribution < 1.29 is 22.7 Å². The van der Waals surface area contributed by atoms with Crippen molar-refractivity contribution in [1.82, 2.24) is 4.90 Å². The second-order valence-corrected chi connectivity index (χ2v) is 9.21. The fraction of sp³-hybridized carbons (Fsp3) is 0.350. The monoisotopic (exact) mass is 423 g/mol. The molecule has 1 fully saturated rings. The summed E-state index contributed by atoms with van der Waals surface area (Å²) in [4.78, 5) is 14.6. The molecule has 150 valence electrons. The quantitative estimate of drug-likeness (QED) is 0.753. The van der Waals surface area contributed by atoms with E-state index < -0.39 is 15.1 Å². The zero-order valence-electron chi connectivity index (χ0n) is 15.7. The highest BCUT2D eigenvalue weighted by Crippen LogP contribution is 2.35. The number of sulfone groups is 1. The molecule has 1 aliphatic rings. The molecule has 0 N–H and O–H groups in total. The van der Waals surface area contributed by atoms with E-state index in [9.17, 15) is 13.2 Å². The number of halogens is 1. The van der Waals surface area contributed by atoms with Gasteiger partial charge in [-0.05, 0) is 30.2 Å². The van der Waals surface area contributed by atoms with Crippen LogP contribution >= 0.6 is 11.6 Å². The summed E-state index contributed by atoms with van der Waals surface area (Å²) in [6, 6.07) is 12.0. The molecule has 0 saturated carbocycles. The summed E-state index contributed by atoms with van der Waals surface area (Å²) in [6.07, 6.45) is 0.282. The highest BCUT2D eigenvalue weighted by Gasteiger charge is 2.34. The maximum atomic E-state index is 13.1. The van der Waals surface area contributed by atoms with Gasteiger partial charge in [-0.15, -0.1) is 0 Å². The molecule has 3 rings (SSSR count). The maximum absolute atomic E-state index is 13.1. The van der Waals surface area contributed by atoms with Crippen molar-refractivity contribution in [2.45, 2.75) is 11.7 Å². The Labute approximate surface area is 169 Å². The highest BCUT2D eigenvalue weighted by atomic mass is 35.5. The summed E-state index contributed by atoms with van der Waals surface area (Å²) in [5.74, 6) is 0.376. The lowest BCUT2D eigenvalue weighted by atomic mass is 10.1. The van der Waals surface area contributed by atoms with Gasteiger partial charge in [0.15, 0.2) is 21.3 Å². The van der Waals surface area contributed by atoms with Gasteiger partial charge in [0.25, 0.3) is 5.91 Å². The molecule has 1 amide bonds. The third-order valence-electron chi connectivity index (χ3n) is 4.91. The number of para-hydroxylation sites is 1. The number of amides is 1. The van der Waals surface area contributed by atoms with Gasteiger partial charge in [0.05, 0.1) is 30.8 Å². The van der Waals surface area contributed by atoms with Gasteiger partial charge < -0.3 is 14.4 Å². The van der Waals surface area contributed by atoms with E-state index in [0.29, 0.717) is 34.2 Å². The van der Waals surface area contributed by atoms with Crippen molar-refractivity contribution in [2.24, 2.45) is 0 Å². The topological polar surface area (TPSA) is 72.9 Å². The molecule has 1 atom stereocenters. The molecule has 28 heavy (non-hydrogen) atoms. The summed E-state index contributed by atoms with van der Waals surface area (Å²) >= 11 is 6.23. The Hall–Kier alpha value is -2.25. The summed E-state index contributed by atoms with van der Waals surface area (Å²) in [5.41, 5.74) is 0.924. The summed E-state index contributed by atoms with van der Waals surface area (Å²) in [7, 11) is -0.481. The zero-order chi connectivity index (χ0) is 20.3. The molecule has 0 aliphatic carbocycles. The van der Waals surface area contributed by atoms with Crippen LogP contribution in [0, 0.1) is 0 Å². The number of benzene rings is 2. The Morgan fingerprint density at radius 1 is 1.07 bits per heavy atom. The van der Waals surface area contributed by atoms with E-state index >= 15 is 0 Å². The minimum atomic E-state index is -3.45. The first-order chi connectivity index (χ1) is 13.4. The molecule has 0 bridgehead atoms. The number of carbonyl (C=O) groups is 1. The first-order valence-corrected chi connectivity index (χ1v) is 10.9. The van der Waals surface area contributed by atoms with Crippen molar-refractivity contribution in [1.29, 1.82) is 0 Å². The van der Waals surface area contributed by atoms with Gasteiger partial charge in [-0.1, -0.05) is 35.9 Å². The smallest absolute Gasteiger partial charge is 0.257 e. The molecule has 1 heterocycles. The molecule has 0 aromatic heterocycles. The van der Waals surface area contributed by atoms with Crippen molar-refractivity contribution >= 4 is 27.3 Å². The largest absolute Gasteiger partial charge is 0.493 e. The van der Waals surface area contributed by atoms with Gasteiger partial charge in [-0.2, -0.15) is 0 Å². The lowest BCUT2D eigenvalue weighted by Crippen LogP contribution is -2.33. The summed E-state index contributed by atoms with van der Waals surface area (Å²) in [6.45, 7) is 0.413. The molecule has 2 aromatic carbocycles. The van der Waals surface area contributed by atoms with E-state index in [2.05, 4.69) is 0 Å². The Kier molecular flexibility index (Phi) is 6.15. The minimum absolute atomic E-state index is 0.114. The van der Waals surface area contributed by atoms with Crippen LogP contribution < -0.4 is 9.47 Å². The van der Waals surface area contributed by atoms with Gasteiger partial charge in [-0.3, -0.25) is 4.79 Å². The minimum Gasteiger partial charge on any atom is -0.493 e. The Morgan fingerprint density at radius 3 is 2.50 bits per heavy atom. The number of carbonyl (C=O) groups excluding carboxylic acids is 1. The Bertz CT molecular complexity index is 976. The van der Waals surface area contributed by atoms with E-state index in [1.54, 1.807) is 47.4 Å². The van der Waals surface area contributed by atoms with Crippen LogP contribution in [-0.4, -0.2) is 52.3 Å². The highest BCUT2D eigenvalue weighted by molar-refractivity contribution is 7.91. The fourth-order valence-corrected chi connectivity index (χ4v) is 5.61. The average molecular weight is 424 g/mol. The summed E-state index contributed by atoms with van der Waals surface area (Å²) < 4.78 is 36.3. The molecule has 1 aliphatic heterocycles. The number of ether oxygens (including phenoxy) is 2. The molecule has 0 spiro atoms. The second kappa shape index (κ2) is 8.41. The van der Waals surface area contributed by atoms with Crippen LogP contribution in [0.15, 0.2) is 42.5 Å². The standard InChI is InChI=1S/C20H22ClNO5S/c1-26-17-9-5-7-15(19(17)27-2)20(23)22-11-10-18(28(24,25)13-12-22)14-6-3-4-8-16(14)21/h3-9,18H,10-13H2,1-2H3. The van der Waals surface area contributed by atoms with E-state index in [-0.39, 0.29) is 24.6 Å². The molecule has 1 unspecified atom stereocenters. The molecule has 0 radical (unpaired) electrons. The van der Waals surface area contributed by atoms with Gasteiger partial charge in [0, 0.05) is 18.1 Å². The van der Waals surface area contributed by atoms with E-state index in [4.69, 9.17) is 21.1 Å². The van der Waals surface area contributed by atoms with Crippen molar-refractivity contribution in [3.05, 3.63) is 58.6 Å². The first kappa shape index (κ1) is 20.5. The van der Waals surface area contributed by atoms with Crippen LogP contribution in [0.5, 0.6) is 11.5 Å². The Morgan fingerprint density at radius 2 is 1.82 bits per heavy atom. The third kappa shape index (κ3) is 3.95. The lowest BCUT2D eigenvalue weighted by Gasteiger charge is -2.22. The van der Waals surface area contributed by atoms with Crippen molar-refractivity contribution in [3.8, 4) is 11.5 Å². The van der Waals surface area contributed by atoms with Crippen molar-refractivity contribution in [3.63, 3.8) is 0 Å². The predicted octanol–water partition coefficient (Wildman–Crippen LogP) is 3.36. The Balaban J connectivity index is 1.89. The number of nitrogens with zero attached hydrogens (tertiary/aromatic N) is 1. The molecule has 6 nitrogen and oxygen atoms in total. The van der Waals surface area contributed by atoms with Crippen LogP contribution in [0.1, 0.15) is 27.6 Å². The molecule has 8 heteroatoms. The average Bonchev–Trinajstić information content (AvgIpc) is 2.85. The molecule has 2 aromatic rings. The van der Waals surface area contributed by atoms with Crippen LogP contribution in [0.3, 0.4) is 0 Å². The zero-order valence-corrected chi connectivity index (χ0v) is 17.3. The second-order valence-electron chi connectivity index (χ2n) is 6.50. The van der Waals surface area contributed by atoms with Gasteiger partial charge in [0.2, 0.25) is 0 Å². The van der Waals surface area contributed by atoms with Gasteiger partial charge in [0.1, 0.15) is 0 Å². The van der Waals surface area contributed by atoms with Crippen LogP contribution in [0.25, 0.3) is 0 Å². The van der Waals surface area contributed by atoms with Gasteiger partial charge >= 0.3 is 0 Å².